The minimum absolute atomic E-state index is 0.0106. The summed E-state index contributed by atoms with van der Waals surface area (Å²) >= 11 is 0. The molecule has 1 aliphatic carbocycles. The first kappa shape index (κ1) is 31.6. The van der Waals surface area contributed by atoms with Crippen LogP contribution in [-0.2, 0) is 10.8 Å². The number of hydrogen-bond donors (Lipinski definition) is 0. The number of benzene rings is 6. The summed E-state index contributed by atoms with van der Waals surface area (Å²) in [4.78, 5) is 8.25. The fourth-order valence-corrected chi connectivity index (χ4v) is 12.9. The standard InChI is InChI=1S/C48H45BN2OS/c1-28-22-33-31-15-13-19-44-46(31)51(37-16-10-12-18-43(37)53(44,7)8)49-36-25-32-30-14-9-11-17-41(30)52-42(32)27-39(36)50(40(23-28)45(33)49)38-26-35-34(24-29(38)2)47(3,4)20-21-48(35,5)6/h9-19,22-27H,20-21H2,1-8H3. The number of para-hydroxylation sites is 3. The SMILES string of the molecule is Cc1cc2c3c(c1)N(c1cc4c(cc1C)C(C)(C)CCC4(C)C)c1cc4oc5ccccc5c4cc1B3N1c3ccccc3S(C)(C)c3cccc-2c31. The second kappa shape index (κ2) is 10.2. The molecule has 5 heteroatoms. The largest absolute Gasteiger partial charge is 0.456 e. The van der Waals surface area contributed by atoms with Gasteiger partial charge in [0.15, 0.2) is 0 Å². The number of rotatable bonds is 1. The lowest BCUT2D eigenvalue weighted by Gasteiger charge is -2.52. The maximum absolute atomic E-state index is 6.69. The predicted octanol–water partition coefficient (Wildman–Crippen LogP) is 12.1. The molecule has 0 unspecified atom stereocenters. The number of furan rings is 1. The minimum atomic E-state index is -1.26. The molecule has 4 heterocycles. The van der Waals surface area contributed by atoms with Crippen molar-refractivity contribution in [3.05, 3.63) is 125 Å². The molecule has 1 aromatic heterocycles. The topological polar surface area (TPSA) is 19.6 Å². The Kier molecular flexibility index (Phi) is 6.09. The number of fused-ring (bicyclic) bond motifs is 10. The summed E-state index contributed by atoms with van der Waals surface area (Å²) in [6.45, 7) is 14.3. The van der Waals surface area contributed by atoms with Crippen molar-refractivity contribution in [1.82, 2.24) is 0 Å². The van der Waals surface area contributed by atoms with Crippen molar-refractivity contribution in [3.63, 3.8) is 0 Å². The van der Waals surface area contributed by atoms with Gasteiger partial charge in [0.1, 0.15) is 11.2 Å². The van der Waals surface area contributed by atoms with E-state index in [1.54, 1.807) is 0 Å². The molecule has 0 bridgehead atoms. The second-order valence-electron chi connectivity index (χ2n) is 17.8. The predicted molar refractivity (Wildman–Crippen MR) is 228 cm³/mol. The number of hydrogen-bond acceptors (Lipinski definition) is 3. The molecule has 0 radical (unpaired) electrons. The Hall–Kier alpha value is -4.87. The van der Waals surface area contributed by atoms with E-state index in [1.165, 1.54) is 106 Å². The lowest BCUT2D eigenvalue weighted by Crippen LogP contribution is -2.62. The first-order valence-corrected chi connectivity index (χ1v) is 21.6. The van der Waals surface area contributed by atoms with Crippen LogP contribution in [0.4, 0.5) is 28.4 Å². The van der Waals surface area contributed by atoms with Crippen molar-refractivity contribution in [3.8, 4) is 11.1 Å². The van der Waals surface area contributed by atoms with Crippen molar-refractivity contribution in [2.24, 2.45) is 0 Å². The van der Waals surface area contributed by atoms with Gasteiger partial charge >= 0.3 is 6.85 Å². The molecule has 11 rings (SSSR count). The molecule has 262 valence electrons. The molecule has 0 fully saturated rings. The van der Waals surface area contributed by atoms with Gasteiger partial charge in [0, 0.05) is 60.6 Å². The van der Waals surface area contributed by atoms with Gasteiger partial charge in [0.2, 0.25) is 0 Å². The molecule has 4 aliphatic rings. The van der Waals surface area contributed by atoms with Gasteiger partial charge in [-0.05, 0) is 125 Å². The van der Waals surface area contributed by atoms with Crippen molar-refractivity contribution >= 4 is 78.2 Å². The fourth-order valence-electron chi connectivity index (χ4n) is 10.4. The van der Waals surface area contributed by atoms with Crippen LogP contribution < -0.4 is 20.6 Å². The monoisotopic (exact) mass is 708 g/mol. The summed E-state index contributed by atoms with van der Waals surface area (Å²) in [5.74, 6) is 0. The van der Waals surface area contributed by atoms with Crippen LogP contribution >= 0.6 is 10.0 Å². The van der Waals surface area contributed by atoms with Crippen LogP contribution in [-0.4, -0.2) is 19.4 Å². The smallest absolute Gasteiger partial charge is 0.333 e. The molecule has 6 aromatic carbocycles. The molecular formula is C48H45BN2OS. The molecule has 0 atom stereocenters. The Morgan fingerprint density at radius 1 is 0.623 bits per heavy atom. The van der Waals surface area contributed by atoms with Crippen molar-refractivity contribution in [2.75, 3.05) is 22.2 Å². The summed E-state index contributed by atoms with van der Waals surface area (Å²) in [6, 6.07) is 39.7. The van der Waals surface area contributed by atoms with Gasteiger partial charge in [-0.3, -0.25) is 0 Å². The van der Waals surface area contributed by atoms with E-state index in [1.807, 2.05) is 0 Å². The van der Waals surface area contributed by atoms with Gasteiger partial charge in [0.05, 0.1) is 0 Å². The third kappa shape index (κ3) is 4.04. The van der Waals surface area contributed by atoms with Crippen LogP contribution in [0.5, 0.6) is 0 Å². The Bertz CT molecular complexity index is 2770. The van der Waals surface area contributed by atoms with E-state index >= 15 is 0 Å². The van der Waals surface area contributed by atoms with Crippen LogP contribution in [0.2, 0.25) is 0 Å². The Morgan fingerprint density at radius 3 is 2.15 bits per heavy atom. The average Bonchev–Trinajstić information content (AvgIpc) is 3.50. The summed E-state index contributed by atoms with van der Waals surface area (Å²) in [7, 11) is -1.26. The van der Waals surface area contributed by atoms with Crippen molar-refractivity contribution < 1.29 is 4.42 Å². The van der Waals surface area contributed by atoms with Crippen molar-refractivity contribution in [1.29, 1.82) is 0 Å². The quantitative estimate of drug-likeness (QED) is 0.158. The zero-order valence-electron chi connectivity index (χ0n) is 32.0. The number of aryl methyl sites for hydroxylation is 2. The molecule has 0 N–H and O–H groups in total. The maximum atomic E-state index is 6.69. The van der Waals surface area contributed by atoms with Crippen LogP contribution in [0.25, 0.3) is 33.1 Å². The summed E-state index contributed by atoms with van der Waals surface area (Å²) in [5.41, 5.74) is 19.5. The Labute approximate surface area is 315 Å². The highest BCUT2D eigenvalue weighted by Crippen LogP contribution is 2.68. The van der Waals surface area contributed by atoms with E-state index in [2.05, 4.69) is 167 Å². The first-order valence-electron chi connectivity index (χ1n) is 19.2. The average molecular weight is 709 g/mol. The summed E-state index contributed by atoms with van der Waals surface area (Å²) in [6.07, 6.45) is 7.34. The van der Waals surface area contributed by atoms with Crippen LogP contribution in [0.15, 0.2) is 117 Å². The molecule has 0 amide bonds. The minimum Gasteiger partial charge on any atom is -0.456 e. The molecule has 0 spiro atoms. The van der Waals surface area contributed by atoms with Crippen LogP contribution in [0, 0.1) is 13.8 Å². The highest BCUT2D eigenvalue weighted by Gasteiger charge is 2.50. The summed E-state index contributed by atoms with van der Waals surface area (Å²) in [5, 5.41) is 2.35. The van der Waals surface area contributed by atoms with E-state index in [4.69, 9.17) is 4.42 Å². The molecule has 3 nitrogen and oxygen atoms in total. The van der Waals surface area contributed by atoms with Gasteiger partial charge in [0.25, 0.3) is 0 Å². The van der Waals surface area contributed by atoms with E-state index in [9.17, 15) is 0 Å². The van der Waals surface area contributed by atoms with E-state index in [0.717, 1.165) is 11.2 Å². The summed E-state index contributed by atoms with van der Waals surface area (Å²) < 4.78 is 6.69. The van der Waals surface area contributed by atoms with Crippen LogP contribution in [0.1, 0.15) is 62.8 Å². The second-order valence-corrected chi connectivity index (χ2v) is 21.3. The molecule has 53 heavy (non-hydrogen) atoms. The van der Waals surface area contributed by atoms with E-state index in [-0.39, 0.29) is 17.7 Å². The third-order valence-corrected chi connectivity index (χ3v) is 16.2. The van der Waals surface area contributed by atoms with Crippen LogP contribution in [0.3, 0.4) is 0 Å². The van der Waals surface area contributed by atoms with Gasteiger partial charge in [-0.25, -0.2) is 0 Å². The van der Waals surface area contributed by atoms with E-state index in [0.29, 0.717) is 0 Å². The zero-order valence-corrected chi connectivity index (χ0v) is 32.8. The van der Waals surface area contributed by atoms with E-state index < -0.39 is 10.0 Å². The van der Waals surface area contributed by atoms with Crippen molar-refractivity contribution in [2.45, 2.75) is 75.0 Å². The van der Waals surface area contributed by atoms with Gasteiger partial charge in [-0.1, -0.05) is 88.4 Å². The Morgan fingerprint density at radius 2 is 1.34 bits per heavy atom. The number of nitrogens with zero attached hydrogens (tertiary/aromatic N) is 2. The first-order chi connectivity index (χ1) is 25.3. The molecule has 0 saturated carbocycles. The lowest BCUT2D eigenvalue weighted by molar-refractivity contribution is 0.332. The van der Waals surface area contributed by atoms with Gasteiger partial charge < -0.3 is 14.1 Å². The third-order valence-electron chi connectivity index (χ3n) is 13.3. The van der Waals surface area contributed by atoms with Gasteiger partial charge in [-0.2, -0.15) is 10.0 Å². The molecule has 3 aliphatic heterocycles. The molecule has 0 saturated heterocycles. The lowest BCUT2D eigenvalue weighted by atomic mass is 9.43. The zero-order chi connectivity index (χ0) is 36.3. The van der Waals surface area contributed by atoms with Gasteiger partial charge in [-0.15, -0.1) is 0 Å². The number of anilines is 5. The maximum Gasteiger partial charge on any atom is 0.333 e. The Balaban J connectivity index is 1.30. The highest BCUT2D eigenvalue weighted by atomic mass is 32.3. The molecule has 7 aromatic rings. The molecular weight excluding hydrogens is 663 g/mol. The highest BCUT2D eigenvalue weighted by molar-refractivity contribution is 8.33. The normalized spacial score (nSPS) is 18.6. The fraction of sp³-hybridized carbons (Fsp3) is 0.250.